The lowest BCUT2D eigenvalue weighted by atomic mass is 9.98. The van der Waals surface area contributed by atoms with Gasteiger partial charge in [0.05, 0.1) is 6.61 Å². The van der Waals surface area contributed by atoms with E-state index in [-0.39, 0.29) is 38.1 Å². The van der Waals surface area contributed by atoms with Gasteiger partial charge in [-0.25, -0.2) is 14.4 Å². The topological polar surface area (TPSA) is 135 Å². The lowest BCUT2D eigenvalue weighted by Crippen LogP contribution is -2.58. The van der Waals surface area contributed by atoms with Crippen molar-refractivity contribution in [2.75, 3.05) is 26.4 Å². The van der Waals surface area contributed by atoms with Crippen molar-refractivity contribution in [2.24, 2.45) is 0 Å². The largest absolute Gasteiger partial charge is 0.480 e. The Balaban J connectivity index is 0.991. The highest BCUT2D eigenvalue weighted by atomic mass is 16.6. The molecule has 4 aliphatic rings. The van der Waals surface area contributed by atoms with Gasteiger partial charge < -0.3 is 29.5 Å². The fraction of sp³-hybridized carbons (Fsp3) is 0.349. The molecule has 0 unspecified atom stereocenters. The fourth-order valence-electron chi connectivity index (χ4n) is 8.84. The zero-order valence-electron chi connectivity index (χ0n) is 30.3. The number of carboxylic acids is 1. The molecule has 0 spiro atoms. The van der Waals surface area contributed by atoms with Crippen molar-refractivity contribution in [1.29, 1.82) is 0 Å². The third-order valence-electron chi connectivity index (χ3n) is 11.4. The molecule has 11 nitrogen and oxygen atoms in total. The van der Waals surface area contributed by atoms with Gasteiger partial charge in [0.15, 0.2) is 6.04 Å². The number of ether oxygens (including phenoxy) is 3. The Hall–Kier alpha value is -5.68. The van der Waals surface area contributed by atoms with Crippen molar-refractivity contribution in [3.05, 3.63) is 119 Å². The Bertz CT molecular complexity index is 2020. The number of amides is 3. The van der Waals surface area contributed by atoms with Gasteiger partial charge in [-0.05, 0) is 77.6 Å². The minimum atomic E-state index is -1.25. The highest BCUT2D eigenvalue weighted by Crippen LogP contribution is 2.46. The van der Waals surface area contributed by atoms with Gasteiger partial charge in [0, 0.05) is 24.4 Å². The molecule has 11 heteroatoms. The second-order valence-corrected chi connectivity index (χ2v) is 14.9. The van der Waals surface area contributed by atoms with Crippen LogP contribution in [0.3, 0.4) is 0 Å². The Morgan fingerprint density at radius 2 is 1.26 bits per heavy atom. The second kappa shape index (κ2) is 14.3. The first kappa shape index (κ1) is 35.4. The zero-order chi connectivity index (χ0) is 37.6. The summed E-state index contributed by atoms with van der Waals surface area (Å²) in [6.45, 7) is 3.65. The average molecular weight is 730 g/mol. The number of nitrogens with one attached hydrogen (secondary N) is 1. The smallest absolute Gasteiger partial charge is 0.410 e. The van der Waals surface area contributed by atoms with Crippen molar-refractivity contribution in [3.63, 3.8) is 0 Å². The van der Waals surface area contributed by atoms with Crippen LogP contribution in [-0.4, -0.2) is 89.2 Å². The molecule has 2 aliphatic heterocycles. The van der Waals surface area contributed by atoms with E-state index < -0.39 is 47.9 Å². The minimum Gasteiger partial charge on any atom is -0.480 e. The number of fused-ring (bicyclic) bond motifs is 6. The normalized spacial score (nSPS) is 20.1. The summed E-state index contributed by atoms with van der Waals surface area (Å²) in [4.78, 5) is 56.8. The molecule has 2 N–H and O–H groups in total. The third kappa shape index (κ3) is 6.36. The van der Waals surface area contributed by atoms with Gasteiger partial charge in [0.2, 0.25) is 5.91 Å². The average Bonchev–Trinajstić information content (AvgIpc) is 3.93. The van der Waals surface area contributed by atoms with Crippen LogP contribution in [0.5, 0.6) is 0 Å². The Morgan fingerprint density at radius 1 is 0.778 bits per heavy atom. The van der Waals surface area contributed by atoms with Gasteiger partial charge in [-0.15, -0.1) is 0 Å². The second-order valence-electron chi connectivity index (χ2n) is 14.9. The Kier molecular flexibility index (Phi) is 9.35. The monoisotopic (exact) mass is 729 g/mol. The number of rotatable bonds is 9. The molecule has 2 aliphatic carbocycles. The number of carboxylic acid groups (broad SMARTS) is 1. The first-order chi connectivity index (χ1) is 26.1. The van der Waals surface area contributed by atoms with E-state index in [4.69, 9.17) is 14.2 Å². The number of hydrogen-bond acceptors (Lipinski definition) is 7. The third-order valence-corrected chi connectivity index (χ3v) is 11.4. The van der Waals surface area contributed by atoms with Crippen molar-refractivity contribution < 1.29 is 38.5 Å². The van der Waals surface area contributed by atoms with Gasteiger partial charge >= 0.3 is 18.2 Å². The van der Waals surface area contributed by atoms with E-state index in [1.54, 1.807) is 18.7 Å². The van der Waals surface area contributed by atoms with E-state index in [1.807, 2.05) is 72.8 Å². The number of carbonyl (C=O) groups is 4. The molecule has 278 valence electrons. The van der Waals surface area contributed by atoms with Gasteiger partial charge in [0.1, 0.15) is 25.0 Å². The van der Waals surface area contributed by atoms with Gasteiger partial charge in [-0.2, -0.15) is 0 Å². The molecule has 4 aromatic rings. The van der Waals surface area contributed by atoms with Crippen LogP contribution in [0, 0.1) is 0 Å². The summed E-state index contributed by atoms with van der Waals surface area (Å²) in [6, 6.07) is 29.3. The van der Waals surface area contributed by atoms with Crippen molar-refractivity contribution in [1.82, 2.24) is 15.1 Å². The standard InChI is InChI=1S/C43H43N3O8/c1-43(2)46(38(25-54-43)40(48)49)39(47)37(44-41(50)52-23-35-31-17-7-3-13-27(31)28-14-4-8-18-32(28)35)22-26-12-11-21-45(26)42(51)53-24-36-33-19-9-5-15-29(33)30-16-6-10-20-34(30)36/h3-10,13-20,26,35-38H,11-12,21-25H2,1-2H3,(H,44,50)(H,48,49)/t26-,37-,38-/m0/s1. The number of nitrogens with zero attached hydrogens (tertiary/aromatic N) is 2. The number of likely N-dealkylation sites (tertiary alicyclic amines) is 1. The molecule has 0 saturated carbocycles. The summed E-state index contributed by atoms with van der Waals surface area (Å²) in [5, 5.41) is 12.8. The van der Waals surface area contributed by atoms with E-state index in [9.17, 15) is 24.3 Å². The molecule has 0 radical (unpaired) electrons. The van der Waals surface area contributed by atoms with Gasteiger partial charge in [-0.3, -0.25) is 9.69 Å². The van der Waals surface area contributed by atoms with E-state index in [2.05, 4.69) is 29.6 Å². The summed E-state index contributed by atoms with van der Waals surface area (Å²) in [5.41, 5.74) is 7.47. The number of hydrogen-bond donors (Lipinski definition) is 2. The predicted octanol–water partition coefficient (Wildman–Crippen LogP) is 6.75. The van der Waals surface area contributed by atoms with Crippen LogP contribution in [0.1, 0.15) is 67.2 Å². The maximum absolute atomic E-state index is 14.4. The van der Waals surface area contributed by atoms with Crippen molar-refractivity contribution in [3.8, 4) is 22.3 Å². The maximum atomic E-state index is 14.4. The van der Waals surface area contributed by atoms with E-state index in [0.717, 1.165) is 44.5 Å². The summed E-state index contributed by atoms with van der Waals surface area (Å²) in [7, 11) is 0. The molecular formula is C43H43N3O8. The van der Waals surface area contributed by atoms with Crippen LogP contribution in [0.25, 0.3) is 22.3 Å². The summed E-state index contributed by atoms with van der Waals surface area (Å²) < 4.78 is 17.6. The molecule has 4 aromatic carbocycles. The summed E-state index contributed by atoms with van der Waals surface area (Å²) in [5.74, 6) is -2.15. The number of benzene rings is 4. The van der Waals surface area contributed by atoms with Crippen LogP contribution in [0.2, 0.25) is 0 Å². The van der Waals surface area contributed by atoms with Gasteiger partial charge in [0.25, 0.3) is 0 Å². The van der Waals surface area contributed by atoms with Crippen LogP contribution in [0.15, 0.2) is 97.1 Å². The molecule has 2 heterocycles. The maximum Gasteiger partial charge on any atom is 0.410 e. The van der Waals surface area contributed by atoms with Crippen molar-refractivity contribution in [2.45, 2.75) is 68.8 Å². The minimum absolute atomic E-state index is 0.0339. The molecule has 3 amide bonds. The molecule has 2 saturated heterocycles. The van der Waals surface area contributed by atoms with E-state index in [0.29, 0.717) is 19.4 Å². The molecular weight excluding hydrogens is 686 g/mol. The predicted molar refractivity (Wildman–Crippen MR) is 200 cm³/mol. The molecule has 8 rings (SSSR count). The number of alkyl carbamates (subject to hydrolysis) is 1. The quantitative estimate of drug-likeness (QED) is 0.193. The first-order valence-corrected chi connectivity index (χ1v) is 18.6. The number of carbonyl (C=O) groups excluding carboxylic acids is 3. The highest BCUT2D eigenvalue weighted by Gasteiger charge is 2.50. The SMILES string of the molecule is CC1(C)OC[C@@H](C(=O)O)N1C(=O)[C@H](C[C@@H]1CCCN1C(=O)OCC1c2ccccc2-c2ccccc21)NC(=O)OCC1c2ccccc2-c2ccccc21. The molecule has 0 aromatic heterocycles. The lowest BCUT2D eigenvalue weighted by Gasteiger charge is -2.36. The van der Waals surface area contributed by atoms with Crippen LogP contribution >= 0.6 is 0 Å². The van der Waals surface area contributed by atoms with Gasteiger partial charge in [-0.1, -0.05) is 97.1 Å². The van der Waals surface area contributed by atoms with Crippen molar-refractivity contribution >= 4 is 24.1 Å². The highest BCUT2D eigenvalue weighted by molar-refractivity contribution is 5.90. The molecule has 0 bridgehead atoms. The van der Waals surface area contributed by atoms with Crippen LogP contribution < -0.4 is 5.32 Å². The molecule has 54 heavy (non-hydrogen) atoms. The zero-order valence-corrected chi connectivity index (χ0v) is 30.3. The van der Waals surface area contributed by atoms with E-state index in [1.165, 1.54) is 4.90 Å². The Labute approximate surface area is 313 Å². The Morgan fingerprint density at radius 3 is 1.76 bits per heavy atom. The molecule has 3 atom stereocenters. The molecule has 2 fully saturated rings. The van der Waals surface area contributed by atoms with Crippen LogP contribution in [0.4, 0.5) is 9.59 Å². The van der Waals surface area contributed by atoms with Crippen LogP contribution in [-0.2, 0) is 23.8 Å². The summed E-state index contributed by atoms with van der Waals surface area (Å²) in [6.07, 6.45) is -0.0310. The summed E-state index contributed by atoms with van der Waals surface area (Å²) >= 11 is 0. The fourth-order valence-corrected chi connectivity index (χ4v) is 8.84. The first-order valence-electron chi connectivity index (χ1n) is 18.6. The lowest BCUT2D eigenvalue weighted by molar-refractivity contribution is -0.157. The number of aliphatic carboxylic acids is 1. The van der Waals surface area contributed by atoms with E-state index >= 15 is 0 Å².